The number of nitrogens with one attached hydrogen (secondary N) is 2. The van der Waals surface area contributed by atoms with Crippen LogP contribution in [0.2, 0.25) is 0 Å². The molecule has 3 rings (SSSR count). The maximum absolute atomic E-state index is 5.84. The van der Waals surface area contributed by atoms with Crippen LogP contribution in [0, 0.1) is 0 Å². The van der Waals surface area contributed by atoms with Gasteiger partial charge in [-0.25, -0.2) is 4.98 Å². The van der Waals surface area contributed by atoms with Crippen molar-refractivity contribution in [3.05, 3.63) is 54.6 Å². The topological polar surface area (TPSA) is 76.4 Å². The second-order valence-electron chi connectivity index (χ2n) is 5.86. The van der Waals surface area contributed by atoms with Crippen molar-refractivity contribution in [2.45, 2.75) is 13.0 Å². The van der Waals surface area contributed by atoms with Gasteiger partial charge in [0, 0.05) is 20.6 Å². The fraction of sp³-hybridized carbons (Fsp3) is 0.316. The first-order valence-corrected chi connectivity index (χ1v) is 8.65. The molecule has 0 aliphatic carbocycles. The molecule has 7 heteroatoms. The summed E-state index contributed by atoms with van der Waals surface area (Å²) in [7, 11) is 3.61. The number of ether oxygens (including phenoxy) is 1. The van der Waals surface area contributed by atoms with Crippen molar-refractivity contribution in [2.24, 2.45) is 12.0 Å². The van der Waals surface area contributed by atoms with Crippen LogP contribution in [0.15, 0.2) is 53.8 Å². The van der Waals surface area contributed by atoms with Gasteiger partial charge >= 0.3 is 0 Å². The molecule has 0 aliphatic heterocycles. The molecule has 0 bridgehead atoms. The van der Waals surface area contributed by atoms with Gasteiger partial charge < -0.3 is 15.4 Å². The summed E-state index contributed by atoms with van der Waals surface area (Å²) in [6.45, 7) is 1.99. The van der Waals surface area contributed by atoms with Gasteiger partial charge in [0.05, 0.1) is 13.2 Å². The summed E-state index contributed by atoms with van der Waals surface area (Å²) in [4.78, 5) is 8.38. The van der Waals surface area contributed by atoms with Crippen LogP contribution in [0.3, 0.4) is 0 Å². The summed E-state index contributed by atoms with van der Waals surface area (Å²) in [5.41, 5.74) is 0. The van der Waals surface area contributed by atoms with Crippen LogP contribution in [-0.4, -0.2) is 40.9 Å². The standard InChI is InChI=1S/C19H24N6O/c1-20-19(22-13-18-23-14-24-25(18)2)21-10-5-11-26-17-9-8-15-6-3-4-7-16(15)12-17/h3-4,6-9,12,14H,5,10-11,13H2,1-2H3,(H2,20,21,22). The molecule has 1 aromatic heterocycles. The van der Waals surface area contributed by atoms with E-state index in [4.69, 9.17) is 4.74 Å². The summed E-state index contributed by atoms with van der Waals surface area (Å²) in [6, 6.07) is 14.4. The molecule has 3 aromatic rings. The molecule has 0 atom stereocenters. The van der Waals surface area contributed by atoms with Crippen LogP contribution in [0.1, 0.15) is 12.2 Å². The zero-order valence-electron chi connectivity index (χ0n) is 15.1. The lowest BCUT2D eigenvalue weighted by Gasteiger charge is -2.12. The number of fused-ring (bicyclic) bond motifs is 1. The lowest BCUT2D eigenvalue weighted by atomic mass is 10.1. The lowest BCUT2D eigenvalue weighted by Crippen LogP contribution is -2.38. The Kier molecular flexibility index (Phi) is 6.03. The highest BCUT2D eigenvalue weighted by Crippen LogP contribution is 2.20. The Morgan fingerprint density at radius 3 is 2.77 bits per heavy atom. The van der Waals surface area contributed by atoms with Crippen molar-refractivity contribution in [1.29, 1.82) is 0 Å². The third kappa shape index (κ3) is 4.72. The molecule has 0 saturated heterocycles. The summed E-state index contributed by atoms with van der Waals surface area (Å²) >= 11 is 0. The summed E-state index contributed by atoms with van der Waals surface area (Å²) in [5.74, 6) is 2.49. The number of aliphatic imine (C=N–C) groups is 1. The number of rotatable bonds is 7. The van der Waals surface area contributed by atoms with Crippen molar-refractivity contribution in [3.8, 4) is 5.75 Å². The first kappa shape index (κ1) is 17.7. The number of hydrogen-bond acceptors (Lipinski definition) is 4. The molecular formula is C19H24N6O. The van der Waals surface area contributed by atoms with Crippen molar-refractivity contribution in [3.63, 3.8) is 0 Å². The zero-order valence-corrected chi connectivity index (χ0v) is 15.1. The normalized spacial score (nSPS) is 11.5. The molecule has 0 radical (unpaired) electrons. The molecule has 136 valence electrons. The Bertz CT molecular complexity index is 873. The van der Waals surface area contributed by atoms with Crippen LogP contribution < -0.4 is 15.4 Å². The van der Waals surface area contributed by atoms with Gasteiger partial charge in [-0.05, 0) is 29.3 Å². The molecule has 2 aromatic carbocycles. The van der Waals surface area contributed by atoms with Crippen molar-refractivity contribution < 1.29 is 4.74 Å². The highest BCUT2D eigenvalue weighted by Gasteiger charge is 2.02. The number of benzene rings is 2. The molecule has 0 aliphatic rings. The smallest absolute Gasteiger partial charge is 0.191 e. The molecule has 1 heterocycles. The molecular weight excluding hydrogens is 328 g/mol. The van der Waals surface area contributed by atoms with Crippen molar-refractivity contribution in [2.75, 3.05) is 20.2 Å². The van der Waals surface area contributed by atoms with Gasteiger partial charge in [-0.2, -0.15) is 5.10 Å². The number of aryl methyl sites for hydroxylation is 1. The van der Waals surface area contributed by atoms with Crippen molar-refractivity contribution in [1.82, 2.24) is 25.4 Å². The molecule has 0 unspecified atom stereocenters. The van der Waals surface area contributed by atoms with E-state index in [1.54, 1.807) is 11.7 Å². The fourth-order valence-electron chi connectivity index (χ4n) is 2.59. The Labute approximate surface area is 153 Å². The first-order valence-electron chi connectivity index (χ1n) is 8.65. The predicted molar refractivity (Wildman–Crippen MR) is 103 cm³/mol. The fourth-order valence-corrected chi connectivity index (χ4v) is 2.59. The van der Waals surface area contributed by atoms with E-state index in [1.807, 2.05) is 25.2 Å². The van der Waals surface area contributed by atoms with E-state index in [9.17, 15) is 0 Å². The van der Waals surface area contributed by atoms with Gasteiger partial charge in [0.2, 0.25) is 0 Å². The Morgan fingerprint density at radius 1 is 1.15 bits per heavy atom. The van der Waals surface area contributed by atoms with E-state index < -0.39 is 0 Å². The molecule has 0 saturated carbocycles. The summed E-state index contributed by atoms with van der Waals surface area (Å²) in [5, 5.41) is 12.9. The largest absolute Gasteiger partial charge is 0.494 e. The van der Waals surface area contributed by atoms with Gasteiger partial charge in [-0.3, -0.25) is 9.67 Å². The quantitative estimate of drug-likeness (QED) is 0.387. The Hall–Kier alpha value is -3.09. The van der Waals surface area contributed by atoms with E-state index in [1.165, 1.54) is 17.1 Å². The molecule has 26 heavy (non-hydrogen) atoms. The van der Waals surface area contributed by atoms with Gasteiger partial charge in [-0.15, -0.1) is 0 Å². The van der Waals surface area contributed by atoms with E-state index >= 15 is 0 Å². The minimum absolute atomic E-state index is 0.573. The first-order chi connectivity index (χ1) is 12.8. The minimum Gasteiger partial charge on any atom is -0.494 e. The maximum atomic E-state index is 5.84. The number of aromatic nitrogens is 3. The third-order valence-electron chi connectivity index (χ3n) is 4.05. The molecule has 2 N–H and O–H groups in total. The highest BCUT2D eigenvalue weighted by molar-refractivity contribution is 5.83. The van der Waals surface area contributed by atoms with Crippen LogP contribution in [0.5, 0.6) is 5.75 Å². The predicted octanol–water partition coefficient (Wildman–Crippen LogP) is 2.10. The average molecular weight is 352 g/mol. The Balaban J connectivity index is 1.38. The van der Waals surface area contributed by atoms with Gasteiger partial charge in [-0.1, -0.05) is 30.3 Å². The number of hydrogen-bond donors (Lipinski definition) is 2. The van der Waals surface area contributed by atoms with Crippen molar-refractivity contribution >= 4 is 16.7 Å². The number of guanidine groups is 1. The highest BCUT2D eigenvalue weighted by atomic mass is 16.5. The molecule has 0 spiro atoms. The average Bonchev–Trinajstić information content (AvgIpc) is 3.08. The summed E-state index contributed by atoms with van der Waals surface area (Å²) < 4.78 is 7.58. The Morgan fingerprint density at radius 2 is 2.00 bits per heavy atom. The van der Waals surface area contributed by atoms with E-state index in [0.29, 0.717) is 13.2 Å². The van der Waals surface area contributed by atoms with Gasteiger partial charge in [0.15, 0.2) is 5.96 Å². The van der Waals surface area contributed by atoms with E-state index in [0.717, 1.165) is 30.5 Å². The minimum atomic E-state index is 0.573. The molecule has 0 fully saturated rings. The van der Waals surface area contributed by atoms with Gasteiger partial charge in [0.1, 0.15) is 17.9 Å². The third-order valence-corrected chi connectivity index (χ3v) is 4.05. The lowest BCUT2D eigenvalue weighted by molar-refractivity contribution is 0.311. The second kappa shape index (κ2) is 8.84. The summed E-state index contributed by atoms with van der Waals surface area (Å²) in [6.07, 6.45) is 2.41. The van der Waals surface area contributed by atoms with E-state index in [-0.39, 0.29) is 0 Å². The molecule has 0 amide bonds. The monoisotopic (exact) mass is 352 g/mol. The van der Waals surface area contributed by atoms with Crippen LogP contribution in [0.25, 0.3) is 10.8 Å². The number of nitrogens with zero attached hydrogens (tertiary/aromatic N) is 4. The maximum Gasteiger partial charge on any atom is 0.191 e. The van der Waals surface area contributed by atoms with Gasteiger partial charge in [0.25, 0.3) is 0 Å². The molecule has 7 nitrogen and oxygen atoms in total. The van der Waals surface area contributed by atoms with E-state index in [2.05, 4.69) is 50.0 Å². The van der Waals surface area contributed by atoms with Crippen LogP contribution in [0.4, 0.5) is 0 Å². The second-order valence-corrected chi connectivity index (χ2v) is 5.86. The van der Waals surface area contributed by atoms with Crippen LogP contribution >= 0.6 is 0 Å². The zero-order chi connectivity index (χ0) is 18.2. The van der Waals surface area contributed by atoms with Crippen LogP contribution in [-0.2, 0) is 13.6 Å². The SMILES string of the molecule is CN=C(NCCCOc1ccc2ccccc2c1)NCc1ncnn1C.